The minimum atomic E-state index is -0.684. The molecule has 2 aromatic carbocycles. The normalized spacial score (nSPS) is 11.3. The molecule has 0 atom stereocenters. The van der Waals surface area contributed by atoms with E-state index in [2.05, 4.69) is 10.1 Å². The Morgan fingerprint density at radius 2 is 1.84 bits per heavy atom. The molecule has 0 aliphatic rings. The third-order valence-electron chi connectivity index (χ3n) is 5.00. The molecule has 9 heteroatoms. The second-order valence-electron chi connectivity index (χ2n) is 6.92. The fraction of sp³-hybridized carbons (Fsp3) is 0.0909. The number of halogens is 1. The number of benzene rings is 2. The van der Waals surface area contributed by atoms with Crippen LogP contribution in [0.5, 0.6) is 0 Å². The van der Waals surface area contributed by atoms with Crippen molar-refractivity contribution in [2.75, 3.05) is 0 Å². The highest BCUT2D eigenvalue weighted by Gasteiger charge is 2.20. The van der Waals surface area contributed by atoms with Gasteiger partial charge in [0.2, 0.25) is 11.7 Å². The van der Waals surface area contributed by atoms with Crippen LogP contribution in [0.4, 0.5) is 4.39 Å². The van der Waals surface area contributed by atoms with Crippen LogP contribution < -0.4 is 11.2 Å². The first-order valence-corrected chi connectivity index (χ1v) is 10.3. The lowest BCUT2D eigenvalue weighted by atomic mass is 10.1. The molecule has 3 aromatic heterocycles. The van der Waals surface area contributed by atoms with E-state index in [1.807, 2.05) is 31.2 Å². The lowest BCUT2D eigenvalue weighted by Gasteiger charge is -2.11. The fourth-order valence-corrected chi connectivity index (χ4v) is 4.30. The van der Waals surface area contributed by atoms with Gasteiger partial charge in [-0.05, 0) is 36.1 Å². The molecule has 0 spiro atoms. The van der Waals surface area contributed by atoms with Crippen molar-refractivity contribution in [3.05, 3.63) is 98.1 Å². The number of hydrogen-bond donors (Lipinski definition) is 0. The molecule has 0 N–H and O–H groups in total. The second-order valence-corrected chi connectivity index (χ2v) is 7.84. The first-order valence-electron chi connectivity index (χ1n) is 9.41. The molecule has 0 fully saturated rings. The van der Waals surface area contributed by atoms with E-state index in [0.717, 1.165) is 15.7 Å². The maximum Gasteiger partial charge on any atom is 0.336 e. The van der Waals surface area contributed by atoms with E-state index < -0.39 is 17.1 Å². The quantitative estimate of drug-likeness (QED) is 0.430. The summed E-state index contributed by atoms with van der Waals surface area (Å²) in [5.74, 6) is -0.0551. The standard InChI is InChI=1S/C22H15FN4O3S/c1-13-6-2-3-7-14(13)20-24-18(30-25-20)12-26-17-10-11-31-19(17)21(28)27(22(26)29)16-9-5-4-8-15(16)23/h2-11H,12H2,1H3. The topological polar surface area (TPSA) is 82.9 Å². The molecule has 0 amide bonds. The number of hydrogen-bond acceptors (Lipinski definition) is 6. The second kappa shape index (κ2) is 7.44. The zero-order valence-corrected chi connectivity index (χ0v) is 17.1. The molecule has 7 nitrogen and oxygen atoms in total. The summed E-state index contributed by atoms with van der Waals surface area (Å²) in [4.78, 5) is 30.6. The van der Waals surface area contributed by atoms with E-state index in [4.69, 9.17) is 4.52 Å². The zero-order valence-electron chi connectivity index (χ0n) is 16.3. The molecule has 0 aliphatic heterocycles. The first-order chi connectivity index (χ1) is 15.0. The summed E-state index contributed by atoms with van der Waals surface area (Å²) in [6, 6.07) is 15.0. The van der Waals surface area contributed by atoms with Crippen molar-refractivity contribution >= 4 is 21.6 Å². The number of para-hydroxylation sites is 1. The summed E-state index contributed by atoms with van der Waals surface area (Å²) in [6.07, 6.45) is 0. The molecule has 5 aromatic rings. The van der Waals surface area contributed by atoms with E-state index in [0.29, 0.717) is 16.0 Å². The number of nitrogens with zero attached hydrogens (tertiary/aromatic N) is 4. The Hall–Kier alpha value is -3.85. The molecule has 31 heavy (non-hydrogen) atoms. The monoisotopic (exact) mass is 434 g/mol. The van der Waals surface area contributed by atoms with E-state index in [-0.39, 0.29) is 18.1 Å². The number of rotatable bonds is 4. The summed E-state index contributed by atoms with van der Waals surface area (Å²) in [6.45, 7) is 1.88. The van der Waals surface area contributed by atoms with Gasteiger partial charge in [-0.3, -0.25) is 9.36 Å². The van der Waals surface area contributed by atoms with Gasteiger partial charge in [-0.1, -0.05) is 41.6 Å². The van der Waals surface area contributed by atoms with Crippen molar-refractivity contribution in [1.29, 1.82) is 0 Å². The van der Waals surface area contributed by atoms with Crippen molar-refractivity contribution < 1.29 is 8.91 Å². The van der Waals surface area contributed by atoms with Crippen LogP contribution in [0, 0.1) is 12.7 Å². The third kappa shape index (κ3) is 3.19. The van der Waals surface area contributed by atoms with E-state index in [1.165, 1.54) is 34.1 Å². The molecule has 0 radical (unpaired) electrons. The Bertz CT molecular complexity index is 1550. The molecule has 154 valence electrons. The van der Waals surface area contributed by atoms with Gasteiger partial charge in [0.15, 0.2) is 0 Å². The van der Waals surface area contributed by atoms with Crippen LogP contribution in [0.25, 0.3) is 27.3 Å². The molecule has 0 bridgehead atoms. The van der Waals surface area contributed by atoms with Gasteiger partial charge in [0.1, 0.15) is 17.1 Å². The van der Waals surface area contributed by atoms with E-state index >= 15 is 0 Å². The number of aryl methyl sites for hydroxylation is 1. The van der Waals surface area contributed by atoms with Crippen LogP contribution >= 0.6 is 11.3 Å². The van der Waals surface area contributed by atoms with Gasteiger partial charge in [-0.2, -0.15) is 4.98 Å². The van der Waals surface area contributed by atoms with E-state index in [9.17, 15) is 14.0 Å². The predicted molar refractivity (Wildman–Crippen MR) is 115 cm³/mol. The zero-order chi connectivity index (χ0) is 21.5. The van der Waals surface area contributed by atoms with E-state index in [1.54, 1.807) is 17.5 Å². The van der Waals surface area contributed by atoms with Crippen molar-refractivity contribution in [2.45, 2.75) is 13.5 Å². The van der Waals surface area contributed by atoms with Crippen LogP contribution in [0.1, 0.15) is 11.5 Å². The summed E-state index contributed by atoms with van der Waals surface area (Å²) in [7, 11) is 0. The molecule has 3 heterocycles. The average molecular weight is 434 g/mol. The Labute approximate surface area is 178 Å². The largest absolute Gasteiger partial charge is 0.337 e. The average Bonchev–Trinajstić information content (AvgIpc) is 3.43. The summed E-state index contributed by atoms with van der Waals surface area (Å²) < 4.78 is 22.3. The van der Waals surface area contributed by atoms with Crippen LogP contribution in [0.3, 0.4) is 0 Å². The maximum absolute atomic E-state index is 14.4. The van der Waals surface area contributed by atoms with Gasteiger partial charge in [0.05, 0.1) is 11.2 Å². The summed E-state index contributed by atoms with van der Waals surface area (Å²) >= 11 is 1.18. The highest BCUT2D eigenvalue weighted by molar-refractivity contribution is 7.17. The third-order valence-corrected chi connectivity index (χ3v) is 5.89. The number of aromatic nitrogens is 4. The summed E-state index contributed by atoms with van der Waals surface area (Å²) in [5, 5.41) is 5.73. The molecule has 0 aliphatic carbocycles. The Balaban J connectivity index is 1.66. The molecule has 5 rings (SSSR count). The number of thiophene rings is 1. The Kier molecular flexibility index (Phi) is 4.59. The van der Waals surface area contributed by atoms with Crippen LogP contribution in [-0.4, -0.2) is 19.3 Å². The minimum Gasteiger partial charge on any atom is -0.337 e. The van der Waals surface area contributed by atoms with Gasteiger partial charge in [0, 0.05) is 5.56 Å². The van der Waals surface area contributed by atoms with Crippen molar-refractivity contribution in [2.24, 2.45) is 0 Å². The van der Waals surface area contributed by atoms with Gasteiger partial charge in [0.25, 0.3) is 5.56 Å². The molecule has 0 saturated heterocycles. The SMILES string of the molecule is Cc1ccccc1-c1noc(Cn2c(=O)n(-c3ccccc3F)c(=O)c3sccc32)n1. The van der Waals surface area contributed by atoms with Crippen LogP contribution in [0.2, 0.25) is 0 Å². The minimum absolute atomic E-state index is 0.0559. The van der Waals surface area contributed by atoms with Crippen molar-refractivity contribution in [3.8, 4) is 17.1 Å². The Morgan fingerprint density at radius 3 is 2.65 bits per heavy atom. The van der Waals surface area contributed by atoms with Crippen LogP contribution in [0.15, 0.2) is 74.1 Å². The molecular weight excluding hydrogens is 419 g/mol. The first kappa shape index (κ1) is 19.1. The smallest absolute Gasteiger partial charge is 0.336 e. The van der Waals surface area contributed by atoms with Gasteiger partial charge >= 0.3 is 5.69 Å². The van der Waals surface area contributed by atoms with Gasteiger partial charge in [-0.15, -0.1) is 11.3 Å². The lowest BCUT2D eigenvalue weighted by Crippen LogP contribution is -2.39. The Morgan fingerprint density at radius 1 is 1.06 bits per heavy atom. The highest BCUT2D eigenvalue weighted by atomic mass is 32.1. The fourth-order valence-electron chi connectivity index (χ4n) is 3.47. The number of fused-ring (bicyclic) bond motifs is 1. The van der Waals surface area contributed by atoms with Crippen molar-refractivity contribution in [3.63, 3.8) is 0 Å². The van der Waals surface area contributed by atoms with Gasteiger partial charge < -0.3 is 4.52 Å². The highest BCUT2D eigenvalue weighted by Crippen LogP contribution is 2.21. The van der Waals surface area contributed by atoms with Crippen molar-refractivity contribution in [1.82, 2.24) is 19.3 Å². The molecule has 0 saturated carbocycles. The summed E-state index contributed by atoms with van der Waals surface area (Å²) in [5.41, 5.74) is 0.886. The maximum atomic E-state index is 14.4. The van der Waals surface area contributed by atoms with Crippen LogP contribution in [-0.2, 0) is 6.54 Å². The predicted octanol–water partition coefficient (Wildman–Crippen LogP) is 3.76. The molecule has 0 unspecified atom stereocenters. The van der Waals surface area contributed by atoms with Gasteiger partial charge in [-0.25, -0.2) is 13.8 Å². The molecular formula is C22H15FN4O3S. The lowest BCUT2D eigenvalue weighted by molar-refractivity contribution is 0.370.